The van der Waals surface area contributed by atoms with Gasteiger partial charge >= 0.3 is 10.2 Å². The van der Waals surface area contributed by atoms with Crippen LogP contribution in [0.2, 0.25) is 5.02 Å². The molecule has 2 N–H and O–H groups in total. The fourth-order valence-electron chi connectivity index (χ4n) is 6.12. The first-order valence-corrected chi connectivity index (χ1v) is 16.9. The van der Waals surface area contributed by atoms with Crippen LogP contribution in [0.15, 0.2) is 61.7 Å². The van der Waals surface area contributed by atoms with Crippen LogP contribution in [0.25, 0.3) is 0 Å². The lowest BCUT2D eigenvalue weighted by Gasteiger charge is -2.42. The topological polar surface area (TPSA) is 99.2 Å². The second-order valence-electron chi connectivity index (χ2n) is 11.5. The fourth-order valence-corrected chi connectivity index (χ4v) is 7.68. The van der Waals surface area contributed by atoms with E-state index in [0.717, 1.165) is 48.9 Å². The summed E-state index contributed by atoms with van der Waals surface area (Å²) in [6.07, 6.45) is 7.78. The van der Waals surface area contributed by atoms with Crippen LogP contribution in [0, 0.1) is 11.8 Å². The van der Waals surface area contributed by atoms with Crippen molar-refractivity contribution in [2.24, 2.45) is 11.8 Å². The molecule has 1 heterocycles. The van der Waals surface area contributed by atoms with Crippen molar-refractivity contribution in [3.05, 3.63) is 83.4 Å². The van der Waals surface area contributed by atoms with Crippen molar-refractivity contribution in [2.45, 2.75) is 71.1 Å². The lowest BCUT2D eigenvalue weighted by Crippen LogP contribution is -2.47. The maximum Gasteiger partial charge on any atom is 0.304 e. The highest BCUT2D eigenvalue weighted by molar-refractivity contribution is 7.87. The van der Waals surface area contributed by atoms with Gasteiger partial charge in [-0.1, -0.05) is 36.7 Å². The summed E-state index contributed by atoms with van der Waals surface area (Å²) in [4.78, 5) is 15.6. The van der Waals surface area contributed by atoms with Crippen LogP contribution in [0.3, 0.4) is 0 Å². The molecule has 4 rings (SSSR count). The zero-order valence-electron chi connectivity index (χ0n) is 25.2. The zero-order chi connectivity index (χ0) is 31.1. The number of hydrogen-bond acceptors (Lipinski definition) is 6. The van der Waals surface area contributed by atoms with Crippen LogP contribution >= 0.6 is 11.6 Å². The molecule has 43 heavy (non-hydrogen) atoms. The lowest BCUT2D eigenvalue weighted by molar-refractivity contribution is 0.0465. The average molecular weight is 630 g/mol. The Morgan fingerprint density at radius 3 is 2.67 bits per heavy atom. The first-order valence-electron chi connectivity index (χ1n) is 15.1. The summed E-state index contributed by atoms with van der Waals surface area (Å²) in [6, 6.07) is 10.6. The van der Waals surface area contributed by atoms with Gasteiger partial charge in [0.25, 0.3) is 5.91 Å². The van der Waals surface area contributed by atoms with E-state index in [9.17, 15) is 18.3 Å². The Morgan fingerprint density at radius 1 is 1.21 bits per heavy atom. The molecule has 1 aliphatic carbocycles. The first kappa shape index (κ1) is 33.1. The Morgan fingerprint density at radius 2 is 2.00 bits per heavy atom. The molecule has 8 nitrogen and oxygen atoms in total. The number of aliphatic hydroxyl groups is 1. The van der Waals surface area contributed by atoms with Crippen LogP contribution in [0.1, 0.15) is 67.4 Å². The fraction of sp³-hybridized carbons (Fsp3) is 0.485. The molecule has 234 valence electrons. The van der Waals surface area contributed by atoms with E-state index >= 15 is 0 Å². The molecule has 1 saturated carbocycles. The van der Waals surface area contributed by atoms with Crippen LogP contribution in [-0.2, 0) is 23.2 Å². The second-order valence-corrected chi connectivity index (χ2v) is 13.6. The number of nitrogens with zero attached hydrogens (tertiary/aromatic N) is 2. The molecule has 2 aliphatic rings. The minimum Gasteiger partial charge on any atom is -0.487 e. The molecule has 0 aromatic heterocycles. The maximum absolute atomic E-state index is 13.4. The highest BCUT2D eigenvalue weighted by atomic mass is 35.5. The Hall–Kier alpha value is -2.85. The molecule has 1 amide bonds. The van der Waals surface area contributed by atoms with E-state index < -0.39 is 22.2 Å². The Balaban J connectivity index is 1.66. The number of aliphatic hydroxyl groups excluding tert-OH is 1. The molecule has 2 aromatic rings. The van der Waals surface area contributed by atoms with Gasteiger partial charge in [-0.05, 0) is 98.7 Å². The van der Waals surface area contributed by atoms with Crippen molar-refractivity contribution in [1.29, 1.82) is 0 Å². The lowest BCUT2D eigenvalue weighted by atomic mass is 9.70. The maximum atomic E-state index is 13.4. The molecule has 2 aromatic carbocycles. The number of carbonyl (C=O) groups is 1. The van der Waals surface area contributed by atoms with E-state index in [0.29, 0.717) is 36.9 Å². The molecular weight excluding hydrogens is 586 g/mol. The Labute approximate surface area is 261 Å². The number of halogens is 1. The third-order valence-corrected chi connectivity index (χ3v) is 10.6. The SMILES string of the molecule is C=CC[C@@H](C)N(CC)S(=O)(=O)NC(=O)c1ccc2c(c1)N(C[C@@H]1CC[C@H]1C(O)C=C)CCCCc1cc(Cl)ccc1CO2. The number of aryl methyl sites for hydroxylation is 1. The van der Waals surface area contributed by atoms with Gasteiger partial charge in [-0.15, -0.1) is 13.2 Å². The van der Waals surface area contributed by atoms with Crippen LogP contribution in [-0.4, -0.2) is 55.5 Å². The zero-order valence-corrected chi connectivity index (χ0v) is 26.7. The summed E-state index contributed by atoms with van der Waals surface area (Å²) in [6.45, 7) is 12.9. The van der Waals surface area contributed by atoms with Gasteiger partial charge in [0.15, 0.2) is 0 Å². The summed E-state index contributed by atoms with van der Waals surface area (Å²) >= 11 is 6.30. The highest BCUT2D eigenvalue weighted by Gasteiger charge is 2.36. The minimum atomic E-state index is -4.08. The number of nitrogens with one attached hydrogen (secondary N) is 1. The number of rotatable bonds is 11. The second kappa shape index (κ2) is 14.8. The van der Waals surface area contributed by atoms with E-state index in [2.05, 4.69) is 22.8 Å². The summed E-state index contributed by atoms with van der Waals surface area (Å²) in [7, 11) is -4.08. The molecule has 1 aliphatic heterocycles. The third kappa shape index (κ3) is 8.01. The van der Waals surface area contributed by atoms with Crippen molar-refractivity contribution in [3.8, 4) is 5.75 Å². The van der Waals surface area contributed by atoms with E-state index in [1.54, 1.807) is 44.2 Å². The van der Waals surface area contributed by atoms with Gasteiger partial charge in [0.05, 0.1) is 11.8 Å². The van der Waals surface area contributed by atoms with Gasteiger partial charge in [0, 0.05) is 36.3 Å². The number of ether oxygens (including phenoxy) is 1. The normalized spacial score (nSPS) is 20.3. The largest absolute Gasteiger partial charge is 0.487 e. The number of amides is 1. The monoisotopic (exact) mass is 629 g/mol. The molecule has 1 unspecified atom stereocenters. The number of carbonyl (C=O) groups excluding carboxylic acids is 1. The van der Waals surface area contributed by atoms with Crippen LogP contribution < -0.4 is 14.4 Å². The molecule has 0 bridgehead atoms. The third-order valence-electron chi connectivity index (χ3n) is 8.69. The molecule has 0 radical (unpaired) electrons. The van der Waals surface area contributed by atoms with Crippen molar-refractivity contribution in [2.75, 3.05) is 24.5 Å². The number of benzene rings is 2. The van der Waals surface area contributed by atoms with Gasteiger partial charge in [-0.2, -0.15) is 12.7 Å². The molecule has 10 heteroatoms. The standard InChI is InChI=1S/C33H44ClN3O5S/c1-5-10-23(4)37(7-3)43(40,41)35-33(39)25-14-17-32-30(20-25)36(21-26-13-16-29(26)31(38)6-2)18-9-8-11-24-19-28(34)15-12-27(24)22-42-32/h5-6,12,14-15,17,19-20,23,26,29,31,38H,1-2,7-11,13,16,18,21-22H2,3-4H3,(H,35,39)/t23-,26+,29-,31?/m1/s1. The van der Waals surface area contributed by atoms with Gasteiger partial charge in [0.1, 0.15) is 12.4 Å². The summed E-state index contributed by atoms with van der Waals surface area (Å²) in [5.41, 5.74) is 3.16. The minimum absolute atomic E-state index is 0.126. The van der Waals surface area contributed by atoms with Crippen molar-refractivity contribution >= 4 is 33.4 Å². The van der Waals surface area contributed by atoms with E-state index in [1.807, 2.05) is 18.2 Å². The van der Waals surface area contributed by atoms with Crippen LogP contribution in [0.5, 0.6) is 5.75 Å². The molecule has 1 fully saturated rings. The predicted molar refractivity (Wildman–Crippen MR) is 173 cm³/mol. The quantitative estimate of drug-likeness (QED) is 0.301. The molecule has 0 saturated heterocycles. The van der Waals surface area contributed by atoms with E-state index in [-0.39, 0.29) is 30.0 Å². The van der Waals surface area contributed by atoms with Crippen molar-refractivity contribution in [3.63, 3.8) is 0 Å². The van der Waals surface area contributed by atoms with E-state index in [1.165, 1.54) is 4.31 Å². The number of hydrogen-bond donors (Lipinski definition) is 2. The Bertz CT molecular complexity index is 1420. The number of anilines is 1. The average Bonchev–Trinajstić information content (AvgIpc) is 2.98. The summed E-state index contributed by atoms with van der Waals surface area (Å²) < 4.78 is 36.3. The predicted octanol–water partition coefficient (Wildman–Crippen LogP) is 5.90. The summed E-state index contributed by atoms with van der Waals surface area (Å²) in [5.74, 6) is 0.284. The molecular formula is C33H44ClN3O5S. The summed E-state index contributed by atoms with van der Waals surface area (Å²) in [5, 5.41) is 11.2. The molecule has 0 spiro atoms. The van der Waals surface area contributed by atoms with Gasteiger partial charge in [-0.25, -0.2) is 4.72 Å². The van der Waals surface area contributed by atoms with Crippen LogP contribution in [0.4, 0.5) is 5.69 Å². The number of fused-ring (bicyclic) bond motifs is 2. The van der Waals surface area contributed by atoms with Gasteiger partial charge in [0.2, 0.25) is 0 Å². The van der Waals surface area contributed by atoms with Crippen molar-refractivity contribution < 1.29 is 23.1 Å². The van der Waals surface area contributed by atoms with E-state index in [4.69, 9.17) is 16.3 Å². The van der Waals surface area contributed by atoms with Crippen molar-refractivity contribution in [1.82, 2.24) is 9.03 Å². The highest BCUT2D eigenvalue weighted by Crippen LogP contribution is 2.40. The smallest absolute Gasteiger partial charge is 0.304 e. The first-order chi connectivity index (χ1) is 20.6. The molecule has 4 atom stereocenters. The van der Waals surface area contributed by atoms with Gasteiger partial charge < -0.3 is 14.7 Å². The van der Waals surface area contributed by atoms with Gasteiger partial charge in [-0.3, -0.25) is 4.79 Å². The Kier molecular flexibility index (Phi) is 11.3.